The summed E-state index contributed by atoms with van der Waals surface area (Å²) >= 11 is 1.49. The minimum absolute atomic E-state index is 0.0217. The monoisotopic (exact) mass is 239 g/mol. The SMILES string of the molecule is COC(C)c1nc2c(s1)C(=O)CC(C)(C)C2. The van der Waals surface area contributed by atoms with Crippen LogP contribution < -0.4 is 0 Å². The molecule has 0 radical (unpaired) electrons. The van der Waals surface area contributed by atoms with Crippen LogP contribution in [0.15, 0.2) is 0 Å². The van der Waals surface area contributed by atoms with Crippen LogP contribution in [-0.4, -0.2) is 17.9 Å². The third-order valence-corrected chi connectivity index (χ3v) is 4.25. The van der Waals surface area contributed by atoms with E-state index in [1.54, 1.807) is 7.11 Å². The number of hydrogen-bond donors (Lipinski definition) is 0. The molecule has 2 rings (SSSR count). The molecule has 1 aromatic heterocycles. The zero-order valence-electron chi connectivity index (χ0n) is 10.2. The summed E-state index contributed by atoms with van der Waals surface area (Å²) < 4.78 is 5.24. The number of aromatic nitrogens is 1. The van der Waals surface area contributed by atoms with Crippen molar-refractivity contribution in [3.05, 3.63) is 15.6 Å². The maximum Gasteiger partial charge on any atom is 0.175 e. The van der Waals surface area contributed by atoms with Crippen LogP contribution in [0, 0.1) is 5.41 Å². The fourth-order valence-electron chi connectivity index (χ4n) is 2.01. The van der Waals surface area contributed by atoms with Gasteiger partial charge in [-0.15, -0.1) is 11.3 Å². The quantitative estimate of drug-likeness (QED) is 0.796. The first-order chi connectivity index (χ1) is 7.43. The van der Waals surface area contributed by atoms with E-state index >= 15 is 0 Å². The van der Waals surface area contributed by atoms with E-state index in [1.165, 1.54) is 11.3 Å². The third-order valence-electron chi connectivity index (χ3n) is 2.95. The van der Waals surface area contributed by atoms with Gasteiger partial charge in [-0.2, -0.15) is 0 Å². The second-order valence-electron chi connectivity index (χ2n) is 5.15. The van der Waals surface area contributed by atoms with Gasteiger partial charge in [-0.05, 0) is 18.8 Å². The van der Waals surface area contributed by atoms with Crippen molar-refractivity contribution in [1.29, 1.82) is 0 Å². The van der Waals surface area contributed by atoms with Crippen LogP contribution in [-0.2, 0) is 11.2 Å². The molecule has 0 fully saturated rings. The Hall–Kier alpha value is -0.740. The first-order valence-electron chi connectivity index (χ1n) is 5.48. The van der Waals surface area contributed by atoms with Gasteiger partial charge < -0.3 is 4.74 Å². The fraction of sp³-hybridized carbons (Fsp3) is 0.667. The van der Waals surface area contributed by atoms with Crippen LogP contribution >= 0.6 is 11.3 Å². The molecule has 0 saturated carbocycles. The number of fused-ring (bicyclic) bond motifs is 1. The lowest BCUT2D eigenvalue weighted by atomic mass is 9.78. The number of ketones is 1. The Morgan fingerprint density at radius 1 is 1.44 bits per heavy atom. The van der Waals surface area contributed by atoms with E-state index in [2.05, 4.69) is 18.8 Å². The molecule has 88 valence electrons. The number of nitrogens with zero attached hydrogens (tertiary/aromatic N) is 1. The number of ether oxygens (including phenoxy) is 1. The molecular weight excluding hydrogens is 222 g/mol. The molecule has 1 heterocycles. The van der Waals surface area contributed by atoms with Crippen molar-refractivity contribution in [2.45, 2.75) is 39.7 Å². The number of carbonyl (C=O) groups excluding carboxylic acids is 1. The summed E-state index contributed by atoms with van der Waals surface area (Å²) in [4.78, 5) is 17.3. The summed E-state index contributed by atoms with van der Waals surface area (Å²) in [6.07, 6.45) is 1.50. The second-order valence-corrected chi connectivity index (χ2v) is 6.18. The molecule has 1 aliphatic carbocycles. The van der Waals surface area contributed by atoms with Crippen molar-refractivity contribution in [2.24, 2.45) is 5.41 Å². The topological polar surface area (TPSA) is 39.2 Å². The maximum atomic E-state index is 12.0. The molecular formula is C12H17NO2S. The summed E-state index contributed by atoms with van der Waals surface area (Å²) in [6, 6.07) is 0. The van der Waals surface area contributed by atoms with Gasteiger partial charge in [-0.3, -0.25) is 4.79 Å². The minimum Gasteiger partial charge on any atom is -0.375 e. The van der Waals surface area contributed by atoms with Gasteiger partial charge in [0.2, 0.25) is 0 Å². The first kappa shape index (κ1) is 11.7. The molecule has 0 amide bonds. The van der Waals surface area contributed by atoms with Crippen LogP contribution in [0.5, 0.6) is 0 Å². The van der Waals surface area contributed by atoms with Gasteiger partial charge in [0.05, 0.1) is 10.6 Å². The molecule has 0 spiro atoms. The van der Waals surface area contributed by atoms with E-state index in [1.807, 2.05) is 6.92 Å². The number of methoxy groups -OCH3 is 1. The van der Waals surface area contributed by atoms with Crippen LogP contribution in [0.4, 0.5) is 0 Å². The van der Waals surface area contributed by atoms with Gasteiger partial charge in [0, 0.05) is 13.5 Å². The molecule has 16 heavy (non-hydrogen) atoms. The van der Waals surface area contributed by atoms with Crippen LogP contribution in [0.1, 0.15) is 53.7 Å². The van der Waals surface area contributed by atoms with Gasteiger partial charge in [0.25, 0.3) is 0 Å². The van der Waals surface area contributed by atoms with Gasteiger partial charge in [0.1, 0.15) is 11.1 Å². The standard InChI is InChI=1S/C12H17NO2S/c1-7(15-4)11-13-8-5-12(2,3)6-9(14)10(8)16-11/h7H,5-6H2,1-4H3. The second kappa shape index (κ2) is 3.93. The van der Waals surface area contributed by atoms with Crippen molar-refractivity contribution < 1.29 is 9.53 Å². The summed E-state index contributed by atoms with van der Waals surface area (Å²) in [7, 11) is 1.66. The highest BCUT2D eigenvalue weighted by Gasteiger charge is 2.34. The third kappa shape index (κ3) is 2.04. The minimum atomic E-state index is -0.0217. The van der Waals surface area contributed by atoms with Crippen molar-refractivity contribution in [3.63, 3.8) is 0 Å². The smallest absolute Gasteiger partial charge is 0.175 e. The number of hydrogen-bond acceptors (Lipinski definition) is 4. The first-order valence-corrected chi connectivity index (χ1v) is 6.30. The van der Waals surface area contributed by atoms with E-state index < -0.39 is 0 Å². The van der Waals surface area contributed by atoms with Crippen molar-refractivity contribution in [2.75, 3.05) is 7.11 Å². The average molecular weight is 239 g/mol. The summed E-state index contributed by atoms with van der Waals surface area (Å²) in [5.41, 5.74) is 1.01. The Kier molecular flexibility index (Phi) is 2.88. The van der Waals surface area contributed by atoms with Gasteiger partial charge in [0.15, 0.2) is 5.78 Å². The van der Waals surface area contributed by atoms with E-state index in [0.717, 1.165) is 22.0 Å². The van der Waals surface area contributed by atoms with Crippen molar-refractivity contribution >= 4 is 17.1 Å². The molecule has 1 atom stereocenters. The highest BCUT2D eigenvalue weighted by Crippen LogP contribution is 2.38. The van der Waals surface area contributed by atoms with Crippen molar-refractivity contribution in [1.82, 2.24) is 4.98 Å². The summed E-state index contributed by atoms with van der Waals surface area (Å²) in [5.74, 6) is 0.235. The number of Topliss-reactive ketones (excluding diaryl/α,β-unsaturated/α-hetero) is 1. The van der Waals surface area contributed by atoms with Crippen LogP contribution in [0.2, 0.25) is 0 Å². The number of thiazole rings is 1. The highest BCUT2D eigenvalue weighted by molar-refractivity contribution is 7.14. The molecule has 1 unspecified atom stereocenters. The lowest BCUT2D eigenvalue weighted by Gasteiger charge is -2.26. The Morgan fingerprint density at radius 3 is 2.75 bits per heavy atom. The molecule has 1 aliphatic rings. The average Bonchev–Trinajstić information content (AvgIpc) is 2.58. The molecule has 4 heteroatoms. The normalized spacial score (nSPS) is 20.6. The van der Waals surface area contributed by atoms with E-state index in [9.17, 15) is 4.79 Å². The molecule has 0 N–H and O–H groups in total. The van der Waals surface area contributed by atoms with Crippen LogP contribution in [0.3, 0.4) is 0 Å². The fourth-order valence-corrected chi connectivity index (χ4v) is 3.06. The molecule has 1 aromatic rings. The molecule has 0 aromatic carbocycles. The number of rotatable bonds is 2. The molecule has 0 saturated heterocycles. The predicted octanol–water partition coefficient (Wildman–Crippen LogP) is 3.01. The zero-order chi connectivity index (χ0) is 11.9. The van der Waals surface area contributed by atoms with Gasteiger partial charge >= 0.3 is 0 Å². The number of carbonyl (C=O) groups is 1. The lowest BCUT2D eigenvalue weighted by Crippen LogP contribution is -2.26. The molecule has 3 nitrogen and oxygen atoms in total. The van der Waals surface area contributed by atoms with Crippen molar-refractivity contribution in [3.8, 4) is 0 Å². The Labute approximate surface area is 99.8 Å². The maximum absolute atomic E-state index is 12.0. The highest BCUT2D eigenvalue weighted by atomic mass is 32.1. The summed E-state index contributed by atoms with van der Waals surface area (Å²) in [5, 5.41) is 0.915. The van der Waals surface area contributed by atoms with Crippen LogP contribution in [0.25, 0.3) is 0 Å². The largest absolute Gasteiger partial charge is 0.375 e. The Morgan fingerprint density at radius 2 is 2.12 bits per heavy atom. The zero-order valence-corrected chi connectivity index (χ0v) is 11.0. The molecule has 0 aliphatic heterocycles. The lowest BCUT2D eigenvalue weighted by molar-refractivity contribution is 0.0915. The van der Waals surface area contributed by atoms with Gasteiger partial charge in [-0.25, -0.2) is 4.98 Å². The van der Waals surface area contributed by atoms with E-state index in [-0.39, 0.29) is 17.3 Å². The molecule has 0 bridgehead atoms. The Bertz CT molecular complexity index is 423. The van der Waals surface area contributed by atoms with E-state index in [0.29, 0.717) is 6.42 Å². The Balaban J connectivity index is 2.37. The van der Waals surface area contributed by atoms with E-state index in [4.69, 9.17) is 4.74 Å². The summed E-state index contributed by atoms with van der Waals surface area (Å²) in [6.45, 7) is 6.19. The van der Waals surface area contributed by atoms with Gasteiger partial charge in [-0.1, -0.05) is 13.8 Å². The predicted molar refractivity (Wildman–Crippen MR) is 64.0 cm³/mol.